The van der Waals surface area contributed by atoms with Crippen LogP contribution in [0.4, 0.5) is 10.7 Å². The minimum atomic E-state index is -0.357. The van der Waals surface area contributed by atoms with Crippen LogP contribution in [0, 0.1) is 0 Å². The molecule has 1 aliphatic rings. The van der Waals surface area contributed by atoms with Gasteiger partial charge in [0.25, 0.3) is 0 Å². The Hall–Kier alpha value is -0.880. The summed E-state index contributed by atoms with van der Waals surface area (Å²) in [5.41, 5.74) is 6.51. The van der Waals surface area contributed by atoms with E-state index in [1.807, 2.05) is 6.26 Å². The molecule has 1 aliphatic carbocycles. The lowest BCUT2D eigenvalue weighted by atomic mass is 9.93. The van der Waals surface area contributed by atoms with Crippen molar-refractivity contribution in [1.29, 1.82) is 0 Å². The van der Waals surface area contributed by atoms with Crippen LogP contribution in [0.25, 0.3) is 0 Å². The number of anilines is 2. The fraction of sp³-hybridized carbons (Fsp3) is 0.545. The number of nitrogen functional groups attached to an aromatic ring is 1. The minimum absolute atomic E-state index is 0.357. The number of thioether (sulfide) groups is 1. The number of carbonyl (C=O) groups excluding carboxylic acids is 1. The highest BCUT2D eigenvalue weighted by Gasteiger charge is 2.24. The SMILES string of the molecule is COC(=O)c1sc(NC2CCC2)c(SC)c1N. The molecule has 0 aromatic carbocycles. The number of rotatable bonds is 4. The molecule has 0 amide bonds. The van der Waals surface area contributed by atoms with Crippen LogP contribution in [0.3, 0.4) is 0 Å². The van der Waals surface area contributed by atoms with E-state index in [-0.39, 0.29) is 5.97 Å². The molecule has 1 aromatic heterocycles. The Bertz CT molecular complexity index is 427. The van der Waals surface area contributed by atoms with E-state index in [0.717, 1.165) is 9.90 Å². The van der Waals surface area contributed by atoms with E-state index < -0.39 is 0 Å². The predicted octanol–water partition coefficient (Wildman–Crippen LogP) is 2.80. The zero-order valence-corrected chi connectivity index (χ0v) is 11.5. The van der Waals surface area contributed by atoms with Gasteiger partial charge in [-0.2, -0.15) is 0 Å². The summed E-state index contributed by atoms with van der Waals surface area (Å²) in [4.78, 5) is 13.0. The number of nitrogens with two attached hydrogens (primary N) is 1. The van der Waals surface area contributed by atoms with E-state index in [4.69, 9.17) is 10.5 Å². The number of esters is 1. The van der Waals surface area contributed by atoms with Crippen LogP contribution < -0.4 is 11.1 Å². The molecular formula is C11H16N2O2S2. The Labute approximate surface area is 109 Å². The third kappa shape index (κ3) is 2.37. The van der Waals surface area contributed by atoms with Crippen molar-refractivity contribution >= 4 is 39.8 Å². The van der Waals surface area contributed by atoms with E-state index in [2.05, 4.69) is 5.32 Å². The van der Waals surface area contributed by atoms with E-state index in [1.54, 1.807) is 11.8 Å². The minimum Gasteiger partial charge on any atom is -0.465 e. The molecule has 0 saturated heterocycles. The van der Waals surface area contributed by atoms with Crippen LogP contribution in [0.15, 0.2) is 4.90 Å². The number of nitrogens with one attached hydrogen (secondary N) is 1. The van der Waals surface area contributed by atoms with Crippen LogP contribution in [0.1, 0.15) is 28.9 Å². The number of thiophene rings is 1. The molecule has 1 saturated carbocycles. The first-order valence-corrected chi connectivity index (χ1v) is 7.52. The first-order valence-electron chi connectivity index (χ1n) is 5.48. The predicted molar refractivity (Wildman–Crippen MR) is 73.1 cm³/mol. The van der Waals surface area contributed by atoms with Gasteiger partial charge in [0.2, 0.25) is 0 Å². The van der Waals surface area contributed by atoms with Crippen LogP contribution >= 0.6 is 23.1 Å². The summed E-state index contributed by atoms with van der Waals surface area (Å²) in [5.74, 6) is -0.357. The standard InChI is InChI=1S/C11H16N2O2S2/c1-15-11(14)9-7(12)8(16-2)10(17-9)13-6-4-3-5-6/h6,13H,3-5,12H2,1-2H3. The Morgan fingerprint density at radius 1 is 1.59 bits per heavy atom. The first kappa shape index (κ1) is 12.6. The third-order valence-corrected chi connectivity index (χ3v) is 4.99. The highest BCUT2D eigenvalue weighted by atomic mass is 32.2. The zero-order chi connectivity index (χ0) is 12.4. The average molecular weight is 272 g/mol. The van der Waals surface area contributed by atoms with E-state index in [1.165, 1.54) is 37.7 Å². The topological polar surface area (TPSA) is 64.3 Å². The van der Waals surface area contributed by atoms with Crippen molar-refractivity contribution in [2.24, 2.45) is 0 Å². The van der Waals surface area contributed by atoms with Crippen molar-refractivity contribution in [3.63, 3.8) is 0 Å². The summed E-state index contributed by atoms with van der Waals surface area (Å²) in [6.07, 6.45) is 5.63. The summed E-state index contributed by atoms with van der Waals surface area (Å²) >= 11 is 2.95. The van der Waals surface area contributed by atoms with Gasteiger partial charge in [0, 0.05) is 6.04 Å². The molecule has 94 valence electrons. The summed E-state index contributed by atoms with van der Waals surface area (Å²) < 4.78 is 4.73. The largest absolute Gasteiger partial charge is 0.465 e. The summed E-state index contributed by atoms with van der Waals surface area (Å²) in [5, 5.41) is 4.45. The molecule has 0 bridgehead atoms. The molecule has 0 radical (unpaired) electrons. The smallest absolute Gasteiger partial charge is 0.350 e. The van der Waals surface area contributed by atoms with Gasteiger partial charge >= 0.3 is 5.97 Å². The highest BCUT2D eigenvalue weighted by molar-refractivity contribution is 7.99. The van der Waals surface area contributed by atoms with Gasteiger partial charge in [0.1, 0.15) is 9.88 Å². The lowest BCUT2D eigenvalue weighted by Gasteiger charge is -2.27. The zero-order valence-electron chi connectivity index (χ0n) is 9.91. The third-order valence-electron chi connectivity index (χ3n) is 2.91. The van der Waals surface area contributed by atoms with E-state index >= 15 is 0 Å². The van der Waals surface area contributed by atoms with Crippen LogP contribution in [0.2, 0.25) is 0 Å². The molecule has 0 unspecified atom stereocenters. The second-order valence-electron chi connectivity index (χ2n) is 3.97. The van der Waals surface area contributed by atoms with Gasteiger partial charge < -0.3 is 15.8 Å². The van der Waals surface area contributed by atoms with Crippen molar-refractivity contribution in [3.8, 4) is 0 Å². The molecular weight excluding hydrogens is 256 g/mol. The number of methoxy groups -OCH3 is 1. The average Bonchev–Trinajstić information content (AvgIpc) is 2.59. The number of ether oxygens (including phenoxy) is 1. The normalized spacial score (nSPS) is 15.4. The fourth-order valence-electron chi connectivity index (χ4n) is 1.71. The highest BCUT2D eigenvalue weighted by Crippen LogP contribution is 2.43. The van der Waals surface area contributed by atoms with Gasteiger partial charge in [0.05, 0.1) is 17.7 Å². The molecule has 17 heavy (non-hydrogen) atoms. The molecule has 0 aliphatic heterocycles. The monoisotopic (exact) mass is 272 g/mol. The Balaban J connectivity index is 2.27. The molecule has 2 rings (SSSR count). The Morgan fingerprint density at radius 2 is 2.29 bits per heavy atom. The first-order chi connectivity index (χ1) is 8.17. The van der Waals surface area contributed by atoms with Gasteiger partial charge in [-0.15, -0.1) is 23.1 Å². The van der Waals surface area contributed by atoms with Crippen molar-refractivity contribution in [2.45, 2.75) is 30.2 Å². The lowest BCUT2D eigenvalue weighted by Crippen LogP contribution is -2.26. The lowest BCUT2D eigenvalue weighted by molar-refractivity contribution is 0.0607. The van der Waals surface area contributed by atoms with Crippen LogP contribution in [0.5, 0.6) is 0 Å². The summed E-state index contributed by atoms with van der Waals surface area (Å²) in [7, 11) is 1.37. The van der Waals surface area contributed by atoms with E-state index in [9.17, 15) is 4.79 Å². The molecule has 6 heteroatoms. The number of hydrogen-bond acceptors (Lipinski definition) is 6. The summed E-state index contributed by atoms with van der Waals surface area (Å²) in [6.45, 7) is 0. The quantitative estimate of drug-likeness (QED) is 0.652. The van der Waals surface area contributed by atoms with Gasteiger partial charge in [-0.25, -0.2) is 4.79 Å². The number of hydrogen-bond donors (Lipinski definition) is 2. The maximum absolute atomic E-state index is 11.6. The second-order valence-corrected chi connectivity index (χ2v) is 5.81. The van der Waals surface area contributed by atoms with Crippen LogP contribution in [-0.2, 0) is 4.74 Å². The summed E-state index contributed by atoms with van der Waals surface area (Å²) in [6, 6.07) is 0.532. The maximum Gasteiger partial charge on any atom is 0.350 e. The molecule has 4 nitrogen and oxygen atoms in total. The Kier molecular flexibility index (Phi) is 3.83. The van der Waals surface area contributed by atoms with Crippen molar-refractivity contribution in [1.82, 2.24) is 0 Å². The van der Waals surface area contributed by atoms with Crippen molar-refractivity contribution < 1.29 is 9.53 Å². The molecule has 1 fully saturated rings. The van der Waals surface area contributed by atoms with Gasteiger partial charge in [-0.05, 0) is 25.5 Å². The van der Waals surface area contributed by atoms with Crippen molar-refractivity contribution in [2.75, 3.05) is 24.4 Å². The molecule has 1 aromatic rings. The van der Waals surface area contributed by atoms with Crippen LogP contribution in [-0.4, -0.2) is 25.4 Å². The molecule has 1 heterocycles. The second kappa shape index (κ2) is 5.18. The number of carbonyl (C=O) groups is 1. The maximum atomic E-state index is 11.6. The van der Waals surface area contributed by atoms with Gasteiger partial charge in [-0.3, -0.25) is 0 Å². The fourth-order valence-corrected chi connectivity index (χ4v) is 3.73. The van der Waals surface area contributed by atoms with Gasteiger partial charge in [-0.1, -0.05) is 0 Å². The molecule has 3 N–H and O–H groups in total. The molecule has 0 spiro atoms. The Morgan fingerprint density at radius 3 is 2.76 bits per heavy atom. The van der Waals surface area contributed by atoms with Crippen molar-refractivity contribution in [3.05, 3.63) is 4.88 Å². The van der Waals surface area contributed by atoms with E-state index in [0.29, 0.717) is 16.6 Å². The molecule has 0 atom stereocenters. The van der Waals surface area contributed by atoms with Gasteiger partial charge in [0.15, 0.2) is 0 Å².